The maximum Gasteiger partial charge on any atom is 0.132 e. The summed E-state index contributed by atoms with van der Waals surface area (Å²) in [6, 6.07) is 6.22. The molecule has 0 unspecified atom stereocenters. The third-order valence-corrected chi connectivity index (χ3v) is 4.69. The lowest BCUT2D eigenvalue weighted by molar-refractivity contribution is 0.338. The Labute approximate surface area is 83.7 Å². The van der Waals surface area contributed by atoms with Crippen LogP contribution >= 0.6 is 22.6 Å². The minimum absolute atomic E-state index is 0.751. The molecule has 0 N–H and O–H groups in total. The van der Waals surface area contributed by atoms with Crippen molar-refractivity contribution in [2.24, 2.45) is 0 Å². The summed E-state index contributed by atoms with van der Waals surface area (Å²) in [6.45, 7) is 2.76. The van der Waals surface area contributed by atoms with E-state index in [0.29, 0.717) is 0 Å². The first-order valence-electron chi connectivity index (χ1n) is 3.63. The smallest absolute Gasteiger partial charge is 0.132 e. The van der Waals surface area contributed by atoms with E-state index in [1.807, 2.05) is 13.0 Å². The van der Waals surface area contributed by atoms with E-state index in [1.54, 1.807) is 0 Å². The first-order valence-corrected chi connectivity index (χ1v) is 5.71. The van der Waals surface area contributed by atoms with Gasteiger partial charge in [-0.05, 0) is 35.6 Å². The fraction of sp³-hybridized carbons (Fsp3) is 0.250. The zero-order valence-corrected chi connectivity index (χ0v) is 10.9. The molecule has 3 heteroatoms. The van der Waals surface area contributed by atoms with E-state index >= 15 is 0 Å². The number of hydrogen-bond donors (Lipinski definition) is 0. The third kappa shape index (κ3) is 2.20. The molecule has 0 radical (unpaired) electrons. The molecule has 1 rings (SSSR count). The summed E-state index contributed by atoms with van der Waals surface area (Å²) in [5.74, 6) is 1.03. The fourth-order valence-electron chi connectivity index (χ4n) is 0.887. The summed E-state index contributed by atoms with van der Waals surface area (Å²) in [7, 11) is 1.09. The Morgan fingerprint density at radius 2 is 2.27 bits per heavy atom. The molecule has 0 bridgehead atoms. The van der Waals surface area contributed by atoms with Gasteiger partial charge in [0.1, 0.15) is 5.75 Å². The van der Waals surface area contributed by atoms with Gasteiger partial charge in [-0.3, -0.25) is 0 Å². The molecule has 0 fully saturated rings. The van der Waals surface area contributed by atoms with Gasteiger partial charge in [-0.15, -0.1) is 0 Å². The third-order valence-electron chi connectivity index (χ3n) is 1.46. The SMILES string of the molecule is CCOc1cccc([SiH3])c1I. The predicted octanol–water partition coefficient (Wildman–Crippen LogP) is 0.681. The van der Waals surface area contributed by atoms with E-state index in [0.717, 1.165) is 22.6 Å². The van der Waals surface area contributed by atoms with Gasteiger partial charge in [0.05, 0.1) is 10.2 Å². The van der Waals surface area contributed by atoms with E-state index in [-0.39, 0.29) is 0 Å². The van der Waals surface area contributed by atoms with Crippen LogP contribution < -0.4 is 9.92 Å². The van der Waals surface area contributed by atoms with Crippen LogP contribution in [0.4, 0.5) is 0 Å². The van der Waals surface area contributed by atoms with Crippen LogP contribution in [0, 0.1) is 3.57 Å². The second-order valence-corrected chi connectivity index (χ2v) is 4.48. The summed E-state index contributed by atoms with van der Waals surface area (Å²) in [4.78, 5) is 0. The van der Waals surface area contributed by atoms with Crippen LogP contribution in [0.15, 0.2) is 18.2 Å². The van der Waals surface area contributed by atoms with Crippen molar-refractivity contribution in [1.29, 1.82) is 0 Å². The standard InChI is InChI=1S/C8H11IOSi/c1-2-10-6-4-3-5-7(11)8(6)9/h3-5H,2H2,1,11H3. The molecule has 0 spiro atoms. The lowest BCUT2D eigenvalue weighted by atomic mass is 10.3. The quantitative estimate of drug-likeness (QED) is 0.571. The van der Waals surface area contributed by atoms with Crippen LogP contribution in [0.3, 0.4) is 0 Å². The normalized spacial score (nSPS) is 10.0. The Balaban J connectivity index is 2.96. The largest absolute Gasteiger partial charge is 0.493 e. The van der Waals surface area contributed by atoms with Crippen LogP contribution in [-0.4, -0.2) is 16.8 Å². The molecular weight excluding hydrogens is 267 g/mol. The molecule has 0 heterocycles. The Morgan fingerprint density at radius 3 is 2.91 bits per heavy atom. The number of benzene rings is 1. The minimum Gasteiger partial charge on any atom is -0.493 e. The Bertz CT molecular complexity index is 250. The van der Waals surface area contributed by atoms with E-state index in [4.69, 9.17) is 4.74 Å². The average Bonchev–Trinajstić information content (AvgIpc) is 1.99. The highest BCUT2D eigenvalue weighted by Gasteiger charge is 2.00. The zero-order valence-electron chi connectivity index (χ0n) is 6.73. The number of halogens is 1. The maximum absolute atomic E-state index is 5.43. The van der Waals surface area contributed by atoms with Crippen molar-refractivity contribution in [3.8, 4) is 5.75 Å². The number of hydrogen-bond acceptors (Lipinski definition) is 1. The Morgan fingerprint density at radius 1 is 1.55 bits per heavy atom. The molecule has 11 heavy (non-hydrogen) atoms. The van der Waals surface area contributed by atoms with Crippen LogP contribution in [0.1, 0.15) is 6.92 Å². The zero-order chi connectivity index (χ0) is 8.27. The molecule has 0 aromatic heterocycles. The Kier molecular flexibility index (Phi) is 3.38. The van der Waals surface area contributed by atoms with Crippen molar-refractivity contribution in [1.82, 2.24) is 0 Å². The van der Waals surface area contributed by atoms with Crippen molar-refractivity contribution < 1.29 is 4.74 Å². The van der Waals surface area contributed by atoms with Crippen molar-refractivity contribution in [2.75, 3.05) is 6.61 Å². The van der Waals surface area contributed by atoms with E-state index in [1.165, 1.54) is 8.76 Å². The summed E-state index contributed by atoms with van der Waals surface area (Å²) in [5, 5.41) is 1.41. The van der Waals surface area contributed by atoms with Gasteiger partial charge in [-0.2, -0.15) is 0 Å². The molecule has 1 aromatic carbocycles. The monoisotopic (exact) mass is 278 g/mol. The fourth-order valence-corrected chi connectivity index (χ4v) is 1.84. The maximum atomic E-state index is 5.43. The van der Waals surface area contributed by atoms with Crippen molar-refractivity contribution in [3.05, 3.63) is 21.8 Å². The molecule has 0 aliphatic carbocycles. The summed E-state index contributed by atoms with van der Waals surface area (Å²) >= 11 is 2.34. The molecule has 60 valence electrons. The molecule has 1 nitrogen and oxygen atoms in total. The van der Waals surface area contributed by atoms with E-state index in [9.17, 15) is 0 Å². The number of ether oxygens (including phenoxy) is 1. The van der Waals surface area contributed by atoms with Gasteiger partial charge < -0.3 is 4.74 Å². The van der Waals surface area contributed by atoms with Gasteiger partial charge in [0, 0.05) is 10.2 Å². The Hall–Kier alpha value is -0.0331. The second-order valence-electron chi connectivity index (χ2n) is 2.32. The van der Waals surface area contributed by atoms with Gasteiger partial charge in [-0.1, -0.05) is 17.3 Å². The van der Waals surface area contributed by atoms with Crippen molar-refractivity contribution in [3.63, 3.8) is 0 Å². The highest BCUT2D eigenvalue weighted by atomic mass is 127. The summed E-state index contributed by atoms with van der Waals surface area (Å²) in [6.07, 6.45) is 0. The van der Waals surface area contributed by atoms with Crippen LogP contribution in [-0.2, 0) is 0 Å². The second kappa shape index (κ2) is 4.11. The molecule has 0 saturated carbocycles. The number of rotatable bonds is 2. The van der Waals surface area contributed by atoms with Crippen molar-refractivity contribution >= 4 is 38.0 Å². The van der Waals surface area contributed by atoms with Crippen molar-refractivity contribution in [2.45, 2.75) is 6.92 Å². The highest BCUT2D eigenvalue weighted by Crippen LogP contribution is 2.17. The average molecular weight is 278 g/mol. The minimum atomic E-state index is 0.751. The van der Waals surface area contributed by atoms with Gasteiger partial charge in [0.15, 0.2) is 0 Å². The van der Waals surface area contributed by atoms with Gasteiger partial charge >= 0.3 is 0 Å². The molecule has 0 saturated heterocycles. The lowest BCUT2D eigenvalue weighted by Crippen LogP contribution is -2.08. The molecule has 0 aliphatic heterocycles. The van der Waals surface area contributed by atoms with Crippen LogP contribution in [0.5, 0.6) is 5.75 Å². The molecule has 0 aliphatic rings. The highest BCUT2D eigenvalue weighted by molar-refractivity contribution is 14.1. The van der Waals surface area contributed by atoms with Crippen LogP contribution in [0.25, 0.3) is 0 Å². The first-order chi connectivity index (χ1) is 5.25. The molecular formula is C8H11IOSi. The van der Waals surface area contributed by atoms with Gasteiger partial charge in [-0.25, -0.2) is 0 Å². The molecule has 0 amide bonds. The lowest BCUT2D eigenvalue weighted by Gasteiger charge is -2.06. The molecule has 1 aromatic rings. The topological polar surface area (TPSA) is 9.23 Å². The summed E-state index contributed by atoms with van der Waals surface area (Å²) < 4.78 is 6.71. The first kappa shape index (κ1) is 9.06. The predicted molar refractivity (Wildman–Crippen MR) is 59.9 cm³/mol. The van der Waals surface area contributed by atoms with Gasteiger partial charge in [0.25, 0.3) is 0 Å². The molecule has 0 atom stereocenters. The summed E-state index contributed by atoms with van der Waals surface area (Å²) in [5.41, 5.74) is 0. The van der Waals surface area contributed by atoms with E-state index in [2.05, 4.69) is 34.7 Å². The van der Waals surface area contributed by atoms with Gasteiger partial charge in [0.2, 0.25) is 0 Å². The van der Waals surface area contributed by atoms with Crippen LogP contribution in [0.2, 0.25) is 0 Å². The van der Waals surface area contributed by atoms with E-state index < -0.39 is 0 Å².